The van der Waals surface area contributed by atoms with Crippen LogP contribution in [0.5, 0.6) is 5.75 Å². The molecule has 2 aromatic carbocycles. The van der Waals surface area contributed by atoms with Crippen LogP contribution in [0, 0.1) is 0 Å². The average Bonchev–Trinajstić information content (AvgIpc) is 3.31. The van der Waals surface area contributed by atoms with E-state index < -0.39 is 0 Å². The molecule has 25 heavy (non-hydrogen) atoms. The van der Waals surface area contributed by atoms with Crippen LogP contribution in [-0.4, -0.2) is 21.7 Å². The summed E-state index contributed by atoms with van der Waals surface area (Å²) >= 11 is 1.61. The van der Waals surface area contributed by atoms with Crippen molar-refractivity contribution < 1.29 is 9.90 Å². The fourth-order valence-electron chi connectivity index (χ4n) is 2.99. The van der Waals surface area contributed by atoms with Crippen molar-refractivity contribution in [3.8, 4) is 5.75 Å². The molecule has 1 amide bonds. The van der Waals surface area contributed by atoms with Crippen LogP contribution in [0.25, 0.3) is 0 Å². The van der Waals surface area contributed by atoms with Gasteiger partial charge in [0.2, 0.25) is 0 Å². The number of hydrazone groups is 1. The highest BCUT2D eigenvalue weighted by Crippen LogP contribution is 2.35. The maximum Gasteiger partial charge on any atom is 0.274 e. The molecule has 2 heterocycles. The van der Waals surface area contributed by atoms with Crippen molar-refractivity contribution in [3.05, 3.63) is 88.1 Å². The summed E-state index contributed by atoms with van der Waals surface area (Å²) < 4.78 is 0. The summed E-state index contributed by atoms with van der Waals surface area (Å²) in [6.45, 7) is 0. The molecule has 5 heteroatoms. The molecule has 1 aromatic heterocycles. The highest BCUT2D eigenvalue weighted by molar-refractivity contribution is 7.12. The molecule has 0 bridgehead atoms. The third-order valence-corrected chi connectivity index (χ3v) is 5.12. The van der Waals surface area contributed by atoms with Crippen LogP contribution in [0.4, 0.5) is 0 Å². The second-order valence-electron chi connectivity index (χ2n) is 5.85. The lowest BCUT2D eigenvalue weighted by Gasteiger charge is -2.22. The van der Waals surface area contributed by atoms with Gasteiger partial charge in [-0.1, -0.05) is 36.4 Å². The van der Waals surface area contributed by atoms with E-state index in [-0.39, 0.29) is 17.7 Å². The van der Waals surface area contributed by atoms with Gasteiger partial charge in [-0.05, 0) is 41.3 Å². The fraction of sp³-hybridized carbons (Fsp3) is 0.100. The van der Waals surface area contributed by atoms with Crippen molar-refractivity contribution in [1.82, 2.24) is 5.01 Å². The van der Waals surface area contributed by atoms with E-state index in [1.807, 2.05) is 41.8 Å². The van der Waals surface area contributed by atoms with Crippen molar-refractivity contribution in [1.29, 1.82) is 0 Å². The molecule has 0 saturated heterocycles. The molecule has 1 aliphatic heterocycles. The number of carbonyl (C=O) groups is 1. The van der Waals surface area contributed by atoms with Gasteiger partial charge in [-0.2, -0.15) is 5.10 Å². The highest BCUT2D eigenvalue weighted by Gasteiger charge is 2.34. The number of aromatic hydroxyl groups is 1. The number of carbonyl (C=O) groups excluding carboxylic acids is 1. The van der Waals surface area contributed by atoms with Crippen LogP contribution < -0.4 is 0 Å². The Hall–Kier alpha value is -2.92. The van der Waals surface area contributed by atoms with E-state index >= 15 is 0 Å². The molecule has 1 unspecified atom stereocenters. The quantitative estimate of drug-likeness (QED) is 0.760. The Bertz CT molecular complexity index is 920. The fourth-order valence-corrected chi connectivity index (χ4v) is 3.71. The van der Waals surface area contributed by atoms with Gasteiger partial charge in [-0.15, -0.1) is 11.3 Å². The van der Waals surface area contributed by atoms with Crippen molar-refractivity contribution >= 4 is 23.0 Å². The molecule has 1 N–H and O–H groups in total. The van der Waals surface area contributed by atoms with Crippen LogP contribution in [0.1, 0.15) is 33.3 Å². The van der Waals surface area contributed by atoms with E-state index in [9.17, 15) is 9.90 Å². The van der Waals surface area contributed by atoms with Gasteiger partial charge in [0.25, 0.3) is 5.91 Å². The molecular formula is C20H16N2O2S. The monoisotopic (exact) mass is 348 g/mol. The second kappa shape index (κ2) is 6.53. The second-order valence-corrected chi connectivity index (χ2v) is 6.80. The molecule has 1 aliphatic rings. The Kier molecular flexibility index (Phi) is 4.07. The summed E-state index contributed by atoms with van der Waals surface area (Å²) in [6, 6.07) is 20.0. The van der Waals surface area contributed by atoms with Gasteiger partial charge in [0.1, 0.15) is 5.75 Å². The number of hydrogen-bond donors (Lipinski definition) is 1. The van der Waals surface area contributed by atoms with E-state index in [1.165, 1.54) is 0 Å². The maximum absolute atomic E-state index is 13.0. The zero-order valence-corrected chi connectivity index (χ0v) is 14.2. The zero-order chi connectivity index (χ0) is 17.2. The molecule has 4 nitrogen and oxygen atoms in total. The number of hydrogen-bond acceptors (Lipinski definition) is 4. The summed E-state index contributed by atoms with van der Waals surface area (Å²) in [5.41, 5.74) is 2.37. The Labute approximate surface area is 149 Å². The van der Waals surface area contributed by atoms with E-state index in [2.05, 4.69) is 5.10 Å². The number of thiophene rings is 1. The van der Waals surface area contributed by atoms with Crippen LogP contribution in [-0.2, 0) is 0 Å². The Morgan fingerprint density at radius 3 is 2.64 bits per heavy atom. The standard InChI is InChI=1S/C20H16N2O2S/c23-16-9-4-8-15(12-16)18-13-17(19-10-5-11-25-19)21-22(18)20(24)14-6-2-1-3-7-14/h1-12,18,23H,13H2. The van der Waals surface area contributed by atoms with Crippen molar-refractivity contribution in [2.45, 2.75) is 12.5 Å². The lowest BCUT2D eigenvalue weighted by atomic mass is 10.0. The predicted molar refractivity (Wildman–Crippen MR) is 98.9 cm³/mol. The summed E-state index contributed by atoms with van der Waals surface area (Å²) in [6.07, 6.45) is 0.628. The lowest BCUT2D eigenvalue weighted by molar-refractivity contribution is 0.0711. The molecular weight excluding hydrogens is 332 g/mol. The van der Waals surface area contributed by atoms with Gasteiger partial charge in [0.15, 0.2) is 0 Å². The van der Waals surface area contributed by atoms with Crippen LogP contribution in [0.15, 0.2) is 77.2 Å². The van der Waals surface area contributed by atoms with Gasteiger partial charge in [-0.3, -0.25) is 4.79 Å². The molecule has 0 saturated carbocycles. The molecule has 1 atom stereocenters. The third kappa shape index (κ3) is 3.06. The van der Waals surface area contributed by atoms with Gasteiger partial charge < -0.3 is 5.11 Å². The number of nitrogens with zero attached hydrogens (tertiary/aromatic N) is 2. The summed E-state index contributed by atoms with van der Waals surface area (Å²) in [5, 5.41) is 18.0. The maximum atomic E-state index is 13.0. The average molecular weight is 348 g/mol. The highest BCUT2D eigenvalue weighted by atomic mass is 32.1. The van der Waals surface area contributed by atoms with E-state index in [0.29, 0.717) is 12.0 Å². The van der Waals surface area contributed by atoms with Gasteiger partial charge in [0.05, 0.1) is 16.6 Å². The Morgan fingerprint density at radius 1 is 1.08 bits per heavy atom. The normalized spacial score (nSPS) is 16.7. The van der Waals surface area contributed by atoms with E-state index in [0.717, 1.165) is 16.2 Å². The number of benzene rings is 2. The van der Waals surface area contributed by atoms with E-state index in [4.69, 9.17) is 0 Å². The molecule has 3 aromatic rings. The molecule has 0 spiro atoms. The van der Waals surface area contributed by atoms with Crippen molar-refractivity contribution in [2.24, 2.45) is 5.10 Å². The molecule has 124 valence electrons. The minimum Gasteiger partial charge on any atom is -0.508 e. The van der Waals surface area contributed by atoms with Gasteiger partial charge >= 0.3 is 0 Å². The van der Waals surface area contributed by atoms with Crippen LogP contribution >= 0.6 is 11.3 Å². The first-order chi connectivity index (χ1) is 12.2. The number of rotatable bonds is 3. The van der Waals surface area contributed by atoms with Crippen molar-refractivity contribution in [2.75, 3.05) is 0 Å². The lowest BCUT2D eigenvalue weighted by Crippen LogP contribution is -2.27. The molecule has 4 rings (SSSR count). The molecule has 0 fully saturated rings. The van der Waals surface area contributed by atoms with Crippen LogP contribution in [0.3, 0.4) is 0 Å². The predicted octanol–water partition coefficient (Wildman–Crippen LogP) is 4.45. The SMILES string of the molecule is O=C(c1ccccc1)N1N=C(c2cccs2)CC1c1cccc(O)c1. The van der Waals surface area contributed by atoms with Gasteiger partial charge in [0, 0.05) is 12.0 Å². The Balaban J connectivity index is 1.74. The Morgan fingerprint density at radius 2 is 1.92 bits per heavy atom. The van der Waals surface area contributed by atoms with Gasteiger partial charge in [-0.25, -0.2) is 5.01 Å². The third-order valence-electron chi connectivity index (χ3n) is 4.20. The first-order valence-electron chi connectivity index (χ1n) is 8.01. The summed E-state index contributed by atoms with van der Waals surface area (Å²) in [7, 11) is 0. The summed E-state index contributed by atoms with van der Waals surface area (Å²) in [5.74, 6) is 0.0506. The first-order valence-corrected chi connectivity index (χ1v) is 8.89. The largest absolute Gasteiger partial charge is 0.508 e. The smallest absolute Gasteiger partial charge is 0.274 e. The zero-order valence-electron chi connectivity index (χ0n) is 13.4. The number of phenols is 1. The molecule has 0 radical (unpaired) electrons. The minimum absolute atomic E-state index is 0.138. The van der Waals surface area contributed by atoms with E-state index in [1.54, 1.807) is 46.7 Å². The van der Waals surface area contributed by atoms with Crippen LogP contribution in [0.2, 0.25) is 0 Å². The topological polar surface area (TPSA) is 52.9 Å². The number of amides is 1. The summed E-state index contributed by atoms with van der Waals surface area (Å²) in [4.78, 5) is 14.1. The molecule has 0 aliphatic carbocycles. The van der Waals surface area contributed by atoms with Crippen molar-refractivity contribution in [3.63, 3.8) is 0 Å². The number of phenolic OH excluding ortho intramolecular Hbond substituents is 1. The first kappa shape index (κ1) is 15.6. The minimum atomic E-state index is -0.225.